The van der Waals surface area contributed by atoms with Crippen molar-refractivity contribution in [1.29, 1.82) is 0 Å². The monoisotopic (exact) mass is 583 g/mol. The largest absolute Gasteiger partial charge is 0.394 e. The van der Waals surface area contributed by atoms with Crippen LogP contribution in [0.25, 0.3) is 10.9 Å². The van der Waals surface area contributed by atoms with Crippen LogP contribution >= 0.6 is 0 Å². The second kappa shape index (κ2) is 9.74. The molecule has 3 aliphatic carbocycles. The van der Waals surface area contributed by atoms with E-state index in [1.54, 1.807) is 5.56 Å². The van der Waals surface area contributed by atoms with Crippen LogP contribution in [-0.4, -0.2) is 80.5 Å². The summed E-state index contributed by atoms with van der Waals surface area (Å²) in [6, 6.07) is 8.79. The van der Waals surface area contributed by atoms with E-state index in [9.17, 15) is 20.4 Å². The summed E-state index contributed by atoms with van der Waals surface area (Å²) in [6.07, 6.45) is 1.01. The van der Waals surface area contributed by atoms with Gasteiger partial charge in [-0.3, -0.25) is 0 Å². The van der Waals surface area contributed by atoms with Gasteiger partial charge in [0.05, 0.1) is 24.4 Å². The molecule has 0 spiro atoms. The van der Waals surface area contributed by atoms with Crippen molar-refractivity contribution in [3.8, 4) is 0 Å². The minimum absolute atomic E-state index is 0.0471. The van der Waals surface area contributed by atoms with Crippen LogP contribution in [0.1, 0.15) is 84.4 Å². The van der Waals surface area contributed by atoms with Crippen LogP contribution in [0, 0.1) is 22.7 Å². The van der Waals surface area contributed by atoms with Crippen molar-refractivity contribution >= 4 is 10.9 Å². The zero-order chi connectivity index (χ0) is 29.8. The Labute approximate surface area is 248 Å². The number of H-pyrrole nitrogens is 1. The number of para-hydroxylation sites is 1. The van der Waals surface area contributed by atoms with Crippen molar-refractivity contribution in [1.82, 2.24) is 4.98 Å². The minimum atomic E-state index is -1.46. The Morgan fingerprint density at radius 2 is 1.71 bits per heavy atom. The topological polar surface area (TPSA) is 124 Å². The van der Waals surface area contributed by atoms with Crippen LogP contribution in [0.5, 0.6) is 0 Å². The maximum absolute atomic E-state index is 10.6. The summed E-state index contributed by atoms with van der Waals surface area (Å²) in [4.78, 5) is 3.91. The Kier molecular flexibility index (Phi) is 6.77. The molecule has 2 saturated heterocycles. The summed E-state index contributed by atoms with van der Waals surface area (Å²) in [5, 5.41) is 42.1. The number of ether oxygens (including phenoxy) is 3. The summed E-state index contributed by atoms with van der Waals surface area (Å²) < 4.78 is 18.9. The number of nitrogens with one attached hydrogen (secondary N) is 1. The number of benzene rings is 1. The molecule has 12 atom stereocenters. The molecule has 5 N–H and O–H groups in total. The van der Waals surface area contributed by atoms with E-state index < -0.39 is 42.9 Å². The molecule has 4 fully saturated rings. The minimum Gasteiger partial charge on any atom is -0.394 e. The van der Waals surface area contributed by atoms with Crippen LogP contribution in [0.4, 0.5) is 0 Å². The molecule has 2 saturated carbocycles. The first-order chi connectivity index (χ1) is 19.8. The van der Waals surface area contributed by atoms with Crippen LogP contribution in [0.15, 0.2) is 24.3 Å². The second-order valence-electron chi connectivity index (χ2n) is 15.3. The molecule has 1 aromatic heterocycles. The van der Waals surface area contributed by atoms with Crippen LogP contribution in [0.3, 0.4) is 0 Å². The van der Waals surface area contributed by atoms with E-state index in [1.165, 1.54) is 35.9 Å². The zero-order valence-electron chi connectivity index (χ0n) is 25.7. The predicted octanol–water partition coefficient (Wildman–Crippen LogP) is 3.96. The highest BCUT2D eigenvalue weighted by Crippen LogP contribution is 2.71. The lowest BCUT2D eigenvalue weighted by atomic mass is 9.40. The van der Waals surface area contributed by atoms with E-state index in [2.05, 4.69) is 50.0 Å². The van der Waals surface area contributed by atoms with Crippen LogP contribution < -0.4 is 0 Å². The number of aromatic amines is 1. The van der Waals surface area contributed by atoms with Gasteiger partial charge in [-0.1, -0.05) is 39.0 Å². The van der Waals surface area contributed by atoms with Gasteiger partial charge in [0.1, 0.15) is 24.4 Å². The van der Waals surface area contributed by atoms with Gasteiger partial charge < -0.3 is 39.6 Å². The van der Waals surface area contributed by atoms with Gasteiger partial charge in [0.25, 0.3) is 0 Å². The Bertz CT molecular complexity index is 1340. The van der Waals surface area contributed by atoms with Crippen molar-refractivity contribution in [2.24, 2.45) is 22.7 Å². The van der Waals surface area contributed by atoms with Crippen molar-refractivity contribution in [3.63, 3.8) is 0 Å². The summed E-state index contributed by atoms with van der Waals surface area (Å²) in [6.45, 7) is 11.0. The molecule has 0 radical (unpaired) electrons. The van der Waals surface area contributed by atoms with Crippen molar-refractivity contribution in [2.75, 3.05) is 6.61 Å². The molecule has 0 bridgehead atoms. The average molecular weight is 584 g/mol. The lowest BCUT2D eigenvalue weighted by Crippen LogP contribution is -2.65. The Morgan fingerprint density at radius 1 is 0.952 bits per heavy atom. The molecule has 2 aromatic rings. The zero-order valence-corrected chi connectivity index (χ0v) is 25.7. The van der Waals surface area contributed by atoms with Crippen molar-refractivity contribution in [3.05, 3.63) is 35.5 Å². The molecule has 42 heavy (non-hydrogen) atoms. The molecular formula is C34H49NO7. The summed E-state index contributed by atoms with van der Waals surface area (Å²) in [7, 11) is 0. The first-order valence-electron chi connectivity index (χ1n) is 16.1. The maximum Gasteiger partial charge on any atom is 0.187 e. The van der Waals surface area contributed by atoms with Gasteiger partial charge in [-0.05, 0) is 93.1 Å². The van der Waals surface area contributed by atoms with Gasteiger partial charge >= 0.3 is 0 Å². The molecule has 0 amide bonds. The Balaban J connectivity index is 1.12. The number of fused-ring (bicyclic) bond motifs is 9. The third-order valence-corrected chi connectivity index (χ3v) is 13.1. The molecule has 3 heterocycles. The summed E-state index contributed by atoms with van der Waals surface area (Å²) in [5.74, 6) is 1.20. The van der Waals surface area contributed by atoms with E-state index in [1.807, 2.05) is 13.8 Å². The molecule has 232 valence electrons. The molecule has 8 nitrogen and oxygen atoms in total. The average Bonchev–Trinajstić information content (AvgIpc) is 3.47. The maximum atomic E-state index is 10.6. The molecule has 5 aliphatic rings. The molecule has 0 unspecified atom stereocenters. The van der Waals surface area contributed by atoms with E-state index >= 15 is 0 Å². The number of aromatic nitrogens is 1. The first kappa shape index (κ1) is 29.2. The number of hydrogen-bond acceptors (Lipinski definition) is 7. The second-order valence-corrected chi connectivity index (χ2v) is 15.3. The van der Waals surface area contributed by atoms with E-state index in [4.69, 9.17) is 14.2 Å². The highest BCUT2D eigenvalue weighted by atomic mass is 16.7. The lowest BCUT2D eigenvalue weighted by Gasteiger charge is -2.67. The normalized spacial score (nSPS) is 47.0. The SMILES string of the molecule is CC(C)(O[C@@H]1O[C@H](CO)[C@@H](O)[C@H](O)[C@@H]1O)[C@@H]1CC[C@]2(C)[C@H](CC[C@@]3(C)[C@H]2CC[C@H]2Cc4c([nH]c5ccccc45)[C@@]23C)O1. The standard InChI is InChI=1S/C34H49NO7/c1-31(2,42-30-28(39)27(38)26(37)22(17-36)40-30)24-12-14-32(3)23-11-10-18-16-20-19-8-6-7-9-21(19)35-29(20)34(18,5)33(23,4)15-13-25(32)41-24/h6-9,18,22-28,30,35-39H,10-17H2,1-5H3/t18-,22+,23-,24-,25-,26+,27-,28-,30-,32-,33-,34+/m0/s1. The van der Waals surface area contributed by atoms with Gasteiger partial charge in [-0.2, -0.15) is 0 Å². The van der Waals surface area contributed by atoms with Gasteiger partial charge in [0, 0.05) is 22.0 Å². The fourth-order valence-corrected chi connectivity index (χ4v) is 10.5. The van der Waals surface area contributed by atoms with Crippen molar-refractivity contribution in [2.45, 2.75) is 133 Å². The molecule has 8 heteroatoms. The van der Waals surface area contributed by atoms with Crippen LogP contribution in [-0.2, 0) is 26.0 Å². The molecule has 1 aromatic carbocycles. The number of aliphatic hydroxyl groups is 4. The van der Waals surface area contributed by atoms with E-state index in [-0.39, 0.29) is 28.5 Å². The predicted molar refractivity (Wildman–Crippen MR) is 158 cm³/mol. The van der Waals surface area contributed by atoms with Gasteiger partial charge in [-0.15, -0.1) is 0 Å². The van der Waals surface area contributed by atoms with Gasteiger partial charge in [0.15, 0.2) is 6.29 Å². The Hall–Kier alpha value is -1.52. The highest BCUT2D eigenvalue weighted by Gasteiger charge is 2.68. The molecule has 7 rings (SSSR count). The third kappa shape index (κ3) is 3.85. The first-order valence-corrected chi connectivity index (χ1v) is 16.1. The number of hydrogen-bond donors (Lipinski definition) is 5. The number of rotatable bonds is 4. The smallest absolute Gasteiger partial charge is 0.187 e. The lowest BCUT2D eigenvalue weighted by molar-refractivity contribution is -0.342. The van der Waals surface area contributed by atoms with Crippen LogP contribution in [0.2, 0.25) is 0 Å². The van der Waals surface area contributed by atoms with Gasteiger partial charge in [-0.25, -0.2) is 0 Å². The molecular weight excluding hydrogens is 534 g/mol. The van der Waals surface area contributed by atoms with Gasteiger partial charge in [0.2, 0.25) is 0 Å². The van der Waals surface area contributed by atoms with E-state index in [0.717, 1.165) is 25.7 Å². The quantitative estimate of drug-likeness (QED) is 0.369. The Morgan fingerprint density at radius 3 is 2.48 bits per heavy atom. The third-order valence-electron chi connectivity index (χ3n) is 13.1. The highest BCUT2D eigenvalue weighted by molar-refractivity contribution is 5.86. The molecule has 2 aliphatic heterocycles. The fraction of sp³-hybridized carbons (Fsp3) is 0.765. The summed E-state index contributed by atoms with van der Waals surface area (Å²) in [5.41, 5.74) is 3.77. The summed E-state index contributed by atoms with van der Waals surface area (Å²) >= 11 is 0. The van der Waals surface area contributed by atoms with E-state index in [0.29, 0.717) is 11.8 Å². The van der Waals surface area contributed by atoms with Crippen molar-refractivity contribution < 1.29 is 34.6 Å². The fourth-order valence-electron chi connectivity index (χ4n) is 10.5. The number of aliphatic hydroxyl groups excluding tert-OH is 4.